The van der Waals surface area contributed by atoms with Crippen LogP contribution in [0.2, 0.25) is 0 Å². The number of ether oxygens (including phenoxy) is 2. The smallest absolute Gasteiger partial charge is 0.323 e. The third-order valence-electron chi connectivity index (χ3n) is 3.47. The van der Waals surface area contributed by atoms with Crippen LogP contribution in [0, 0.1) is 0 Å². The van der Waals surface area contributed by atoms with E-state index in [4.69, 9.17) is 9.47 Å². The number of benzene rings is 2. The summed E-state index contributed by atoms with van der Waals surface area (Å²) in [5.74, 6) is 1.07. The molecule has 0 aliphatic carbocycles. The van der Waals surface area contributed by atoms with Gasteiger partial charge in [0, 0.05) is 5.69 Å². The number of aromatic amines is 2. The Morgan fingerprint density at radius 3 is 2.40 bits per heavy atom. The van der Waals surface area contributed by atoms with Gasteiger partial charge in [-0.05, 0) is 48.9 Å². The largest absolute Gasteiger partial charge is 0.494 e. The topological polar surface area (TPSA) is 96.2 Å². The average Bonchev–Trinajstić information content (AvgIpc) is 2.98. The predicted octanol–water partition coefficient (Wildman–Crippen LogP) is 2.66. The van der Waals surface area contributed by atoms with Crippen LogP contribution in [-0.2, 0) is 4.79 Å². The number of fused-ring (bicyclic) bond motifs is 1. The molecule has 3 aromatic rings. The van der Waals surface area contributed by atoms with E-state index >= 15 is 0 Å². The monoisotopic (exact) mass is 341 g/mol. The number of H-pyrrole nitrogens is 2. The first-order valence-corrected chi connectivity index (χ1v) is 8.01. The fraction of sp³-hybridized carbons (Fsp3) is 0.222. The minimum Gasteiger partial charge on any atom is -0.494 e. The molecule has 1 heterocycles. The molecule has 2 aromatic carbocycles. The lowest BCUT2D eigenvalue weighted by molar-refractivity contribution is -0.118. The summed E-state index contributed by atoms with van der Waals surface area (Å²) in [6.07, 6.45) is 0.945. The molecule has 0 aliphatic heterocycles. The maximum atomic E-state index is 12.0. The van der Waals surface area contributed by atoms with E-state index in [1.165, 1.54) is 0 Å². The first-order chi connectivity index (χ1) is 12.1. The lowest BCUT2D eigenvalue weighted by Gasteiger charge is -2.09. The average molecular weight is 341 g/mol. The van der Waals surface area contributed by atoms with Crippen molar-refractivity contribution in [3.8, 4) is 11.5 Å². The van der Waals surface area contributed by atoms with E-state index in [1.54, 1.807) is 42.5 Å². The minimum absolute atomic E-state index is 0.114. The molecule has 0 radical (unpaired) electrons. The number of carbonyl (C=O) groups excluding carboxylic acids is 1. The van der Waals surface area contributed by atoms with Crippen molar-refractivity contribution in [2.24, 2.45) is 0 Å². The van der Waals surface area contributed by atoms with Crippen LogP contribution in [0.1, 0.15) is 13.3 Å². The number of amides is 1. The Hall–Kier alpha value is -3.22. The van der Waals surface area contributed by atoms with Gasteiger partial charge in [0.1, 0.15) is 11.5 Å². The Labute approximate surface area is 144 Å². The van der Waals surface area contributed by atoms with E-state index < -0.39 is 0 Å². The number of hydrogen-bond donors (Lipinski definition) is 3. The fourth-order valence-corrected chi connectivity index (χ4v) is 2.31. The Bertz CT molecular complexity index is 912. The van der Waals surface area contributed by atoms with E-state index in [1.807, 2.05) is 6.92 Å². The summed E-state index contributed by atoms with van der Waals surface area (Å²) < 4.78 is 10.9. The van der Waals surface area contributed by atoms with Crippen molar-refractivity contribution in [1.82, 2.24) is 9.97 Å². The van der Waals surface area contributed by atoms with Crippen LogP contribution >= 0.6 is 0 Å². The second kappa shape index (κ2) is 7.57. The van der Waals surface area contributed by atoms with Crippen molar-refractivity contribution in [2.75, 3.05) is 18.5 Å². The Morgan fingerprint density at radius 1 is 1.00 bits per heavy atom. The number of nitrogens with one attached hydrogen (secondary N) is 3. The van der Waals surface area contributed by atoms with Crippen LogP contribution in [0.3, 0.4) is 0 Å². The van der Waals surface area contributed by atoms with Gasteiger partial charge in [-0.1, -0.05) is 6.92 Å². The van der Waals surface area contributed by atoms with Crippen LogP contribution in [0.4, 0.5) is 5.69 Å². The van der Waals surface area contributed by atoms with Crippen LogP contribution in [0.25, 0.3) is 11.0 Å². The molecule has 0 unspecified atom stereocenters. The summed E-state index contributed by atoms with van der Waals surface area (Å²) in [5, 5.41) is 2.73. The Morgan fingerprint density at radius 2 is 1.68 bits per heavy atom. The highest BCUT2D eigenvalue weighted by Gasteiger charge is 2.06. The maximum Gasteiger partial charge on any atom is 0.323 e. The zero-order valence-corrected chi connectivity index (χ0v) is 13.8. The third kappa shape index (κ3) is 4.41. The van der Waals surface area contributed by atoms with Gasteiger partial charge >= 0.3 is 5.69 Å². The summed E-state index contributed by atoms with van der Waals surface area (Å²) in [6.45, 7) is 2.59. The summed E-state index contributed by atoms with van der Waals surface area (Å²) in [5.41, 5.74) is 1.61. The van der Waals surface area contributed by atoms with Gasteiger partial charge in [0.25, 0.3) is 5.91 Å². The van der Waals surface area contributed by atoms with Gasteiger partial charge in [-0.2, -0.15) is 0 Å². The third-order valence-corrected chi connectivity index (χ3v) is 3.47. The molecular formula is C18H19N3O4. The molecule has 7 heteroatoms. The van der Waals surface area contributed by atoms with Crippen LogP contribution in [0.5, 0.6) is 11.5 Å². The molecule has 1 aromatic heterocycles. The first kappa shape index (κ1) is 16.6. The van der Waals surface area contributed by atoms with Gasteiger partial charge in [0.2, 0.25) is 0 Å². The SMILES string of the molecule is CCCOc1ccc(OCC(=O)Nc2ccc3[nH]c(=O)[nH]c3c2)cc1. The number of imidazole rings is 1. The molecule has 0 aliphatic rings. The zero-order chi connectivity index (χ0) is 17.6. The molecule has 0 saturated heterocycles. The molecule has 0 bridgehead atoms. The van der Waals surface area contributed by atoms with E-state index in [9.17, 15) is 9.59 Å². The normalized spacial score (nSPS) is 10.6. The molecule has 3 rings (SSSR count). The first-order valence-electron chi connectivity index (χ1n) is 8.01. The molecule has 0 spiro atoms. The molecular weight excluding hydrogens is 322 g/mol. The van der Waals surface area contributed by atoms with Crippen molar-refractivity contribution in [1.29, 1.82) is 0 Å². The number of anilines is 1. The Kier molecular flexibility index (Phi) is 5.03. The van der Waals surface area contributed by atoms with Gasteiger partial charge in [0.05, 0.1) is 17.6 Å². The number of rotatable bonds is 7. The molecule has 0 fully saturated rings. The summed E-state index contributed by atoms with van der Waals surface area (Å²) in [6, 6.07) is 12.2. The molecule has 25 heavy (non-hydrogen) atoms. The van der Waals surface area contributed by atoms with Crippen molar-refractivity contribution < 1.29 is 14.3 Å². The van der Waals surface area contributed by atoms with Crippen molar-refractivity contribution in [3.05, 3.63) is 52.9 Å². The van der Waals surface area contributed by atoms with E-state index in [0.717, 1.165) is 12.2 Å². The van der Waals surface area contributed by atoms with Gasteiger partial charge in [0.15, 0.2) is 6.61 Å². The second-order valence-corrected chi connectivity index (χ2v) is 5.50. The number of hydrogen-bond acceptors (Lipinski definition) is 4. The lowest BCUT2D eigenvalue weighted by Crippen LogP contribution is -2.20. The number of carbonyl (C=O) groups is 1. The molecule has 130 valence electrons. The highest BCUT2D eigenvalue weighted by Crippen LogP contribution is 2.18. The molecule has 0 atom stereocenters. The van der Waals surface area contributed by atoms with Crippen LogP contribution < -0.4 is 20.5 Å². The summed E-state index contributed by atoms with van der Waals surface area (Å²) >= 11 is 0. The van der Waals surface area contributed by atoms with Crippen LogP contribution in [-0.4, -0.2) is 29.1 Å². The highest BCUT2D eigenvalue weighted by molar-refractivity contribution is 5.93. The summed E-state index contributed by atoms with van der Waals surface area (Å²) in [7, 11) is 0. The van der Waals surface area contributed by atoms with E-state index in [0.29, 0.717) is 29.1 Å². The Balaban J connectivity index is 1.53. The highest BCUT2D eigenvalue weighted by atomic mass is 16.5. The molecule has 0 saturated carbocycles. The van der Waals surface area contributed by atoms with Crippen LogP contribution in [0.15, 0.2) is 47.3 Å². The van der Waals surface area contributed by atoms with Gasteiger partial charge in [-0.3, -0.25) is 4.79 Å². The molecule has 3 N–H and O–H groups in total. The predicted molar refractivity (Wildman–Crippen MR) is 95.3 cm³/mol. The quantitative estimate of drug-likeness (QED) is 0.615. The molecule has 7 nitrogen and oxygen atoms in total. The van der Waals surface area contributed by atoms with Crippen molar-refractivity contribution in [3.63, 3.8) is 0 Å². The minimum atomic E-state index is -0.288. The standard InChI is InChI=1S/C18H19N3O4/c1-2-9-24-13-4-6-14(7-5-13)25-11-17(22)19-12-3-8-15-16(10-12)21-18(23)20-15/h3-8,10H,2,9,11H2,1H3,(H,19,22)(H2,20,21,23). The lowest BCUT2D eigenvalue weighted by atomic mass is 10.3. The van der Waals surface area contributed by atoms with Gasteiger partial charge in [-0.25, -0.2) is 4.79 Å². The molecule has 1 amide bonds. The fourth-order valence-electron chi connectivity index (χ4n) is 2.31. The van der Waals surface area contributed by atoms with Crippen molar-refractivity contribution in [2.45, 2.75) is 13.3 Å². The van der Waals surface area contributed by atoms with Crippen molar-refractivity contribution >= 4 is 22.6 Å². The van der Waals surface area contributed by atoms with E-state index in [-0.39, 0.29) is 18.2 Å². The zero-order valence-electron chi connectivity index (χ0n) is 13.8. The number of aromatic nitrogens is 2. The van der Waals surface area contributed by atoms with Gasteiger partial charge in [-0.15, -0.1) is 0 Å². The van der Waals surface area contributed by atoms with Gasteiger partial charge < -0.3 is 24.8 Å². The summed E-state index contributed by atoms with van der Waals surface area (Å²) in [4.78, 5) is 28.5. The second-order valence-electron chi connectivity index (χ2n) is 5.50. The van der Waals surface area contributed by atoms with E-state index in [2.05, 4.69) is 15.3 Å². The maximum absolute atomic E-state index is 12.0.